The molecular formula is C14H21NO+. The summed E-state index contributed by atoms with van der Waals surface area (Å²) in [7, 11) is 4.24. The van der Waals surface area contributed by atoms with Gasteiger partial charge in [0.1, 0.15) is 0 Å². The third kappa shape index (κ3) is 2.63. The average molecular weight is 219 g/mol. The number of ether oxygens (including phenoxy) is 1. The van der Waals surface area contributed by atoms with Crippen LogP contribution in [0.5, 0.6) is 0 Å². The van der Waals surface area contributed by atoms with Gasteiger partial charge in [0.2, 0.25) is 6.61 Å². The normalized spacial score (nSPS) is 19.1. The van der Waals surface area contributed by atoms with Crippen LogP contribution < -0.4 is 0 Å². The van der Waals surface area contributed by atoms with Crippen LogP contribution in [0.2, 0.25) is 0 Å². The van der Waals surface area contributed by atoms with Crippen molar-refractivity contribution in [1.82, 2.24) is 4.90 Å². The van der Waals surface area contributed by atoms with Gasteiger partial charge in [0, 0.05) is 17.5 Å². The maximum absolute atomic E-state index is 5.84. The summed E-state index contributed by atoms with van der Waals surface area (Å²) in [6.07, 6.45) is 2.66. The van der Waals surface area contributed by atoms with E-state index in [-0.39, 0.29) is 0 Å². The molecule has 1 atom stereocenters. The van der Waals surface area contributed by atoms with Gasteiger partial charge in [-0.15, -0.1) is 4.74 Å². The van der Waals surface area contributed by atoms with Gasteiger partial charge < -0.3 is 4.90 Å². The standard InChI is InChI=1S/C14H21NO/c1-11-6-7-13-12(9-11)10-16-14(13)5-4-8-15(2)3/h6-7,9,14H,4-5,8,10H2,1-3H3/q+1. The Morgan fingerprint density at radius 3 is 2.94 bits per heavy atom. The monoisotopic (exact) mass is 219 g/mol. The van der Waals surface area contributed by atoms with Crippen LogP contribution in [0, 0.1) is 6.92 Å². The van der Waals surface area contributed by atoms with Gasteiger partial charge in [-0.3, -0.25) is 0 Å². The molecule has 0 saturated carbocycles. The zero-order valence-electron chi connectivity index (χ0n) is 10.5. The molecule has 1 heterocycles. The molecule has 1 aromatic carbocycles. The molecule has 0 bridgehead atoms. The topological polar surface area (TPSA) is 14.5 Å². The lowest BCUT2D eigenvalue weighted by Crippen LogP contribution is -2.13. The van der Waals surface area contributed by atoms with Gasteiger partial charge in [-0.1, -0.05) is 11.6 Å². The van der Waals surface area contributed by atoms with E-state index in [4.69, 9.17) is 4.74 Å². The van der Waals surface area contributed by atoms with Crippen molar-refractivity contribution in [2.24, 2.45) is 0 Å². The molecule has 0 amide bonds. The fraction of sp³-hybridized carbons (Fsp3) is 0.571. The highest BCUT2D eigenvalue weighted by Gasteiger charge is 2.33. The summed E-state index contributed by atoms with van der Waals surface area (Å²) < 4.78 is 5.84. The van der Waals surface area contributed by atoms with Crippen molar-refractivity contribution in [3.63, 3.8) is 0 Å². The third-order valence-electron chi connectivity index (χ3n) is 3.16. The Morgan fingerprint density at radius 1 is 1.38 bits per heavy atom. The fourth-order valence-electron chi connectivity index (χ4n) is 2.29. The lowest BCUT2D eigenvalue weighted by atomic mass is 10.00. The molecule has 1 aromatic rings. The number of benzene rings is 1. The second-order valence-electron chi connectivity index (χ2n) is 4.95. The van der Waals surface area contributed by atoms with E-state index in [0.29, 0.717) is 6.10 Å². The van der Waals surface area contributed by atoms with Crippen molar-refractivity contribution in [3.05, 3.63) is 34.9 Å². The third-order valence-corrected chi connectivity index (χ3v) is 3.16. The second kappa shape index (κ2) is 4.98. The predicted molar refractivity (Wildman–Crippen MR) is 66.5 cm³/mol. The first-order valence-electron chi connectivity index (χ1n) is 6.02. The van der Waals surface area contributed by atoms with Gasteiger partial charge in [0.15, 0.2) is 0 Å². The number of hydrogen-bond acceptors (Lipinski definition) is 2. The molecule has 16 heavy (non-hydrogen) atoms. The molecule has 1 radical (unpaired) electrons. The maximum atomic E-state index is 5.84. The fourth-order valence-corrected chi connectivity index (χ4v) is 2.29. The molecular weight excluding hydrogens is 198 g/mol. The summed E-state index contributed by atoms with van der Waals surface area (Å²) in [6, 6.07) is 6.67. The lowest BCUT2D eigenvalue weighted by Gasteiger charge is -2.08. The van der Waals surface area contributed by atoms with E-state index in [1.807, 2.05) is 0 Å². The van der Waals surface area contributed by atoms with E-state index in [2.05, 4.69) is 44.1 Å². The zero-order chi connectivity index (χ0) is 11.5. The van der Waals surface area contributed by atoms with Crippen LogP contribution in [0.4, 0.5) is 0 Å². The van der Waals surface area contributed by atoms with Gasteiger partial charge >= 0.3 is 0 Å². The molecule has 0 N–H and O–H groups in total. The second-order valence-corrected chi connectivity index (χ2v) is 4.95. The van der Waals surface area contributed by atoms with Crippen molar-refractivity contribution in [3.8, 4) is 0 Å². The molecule has 0 fully saturated rings. The molecule has 0 aliphatic carbocycles. The van der Waals surface area contributed by atoms with Crippen molar-refractivity contribution in [1.29, 1.82) is 0 Å². The number of rotatable bonds is 4. The molecule has 0 aromatic heterocycles. The Balaban J connectivity index is 1.95. The summed E-state index contributed by atoms with van der Waals surface area (Å²) in [5.74, 6) is 0. The summed E-state index contributed by atoms with van der Waals surface area (Å²) in [4.78, 5) is 2.23. The van der Waals surface area contributed by atoms with Gasteiger partial charge in [0.05, 0.1) is 0 Å². The first kappa shape index (κ1) is 11.6. The highest BCUT2D eigenvalue weighted by molar-refractivity contribution is 5.35. The SMILES string of the molecule is Cc1ccc2c(c1)C[O+]C2CCCN(C)C. The van der Waals surface area contributed by atoms with E-state index in [1.165, 1.54) is 23.1 Å². The first-order valence-corrected chi connectivity index (χ1v) is 6.02. The van der Waals surface area contributed by atoms with Gasteiger partial charge in [0.25, 0.3) is 6.10 Å². The molecule has 0 saturated heterocycles. The largest absolute Gasteiger partial charge is 0.309 e. The van der Waals surface area contributed by atoms with Crippen LogP contribution in [0.25, 0.3) is 0 Å². The van der Waals surface area contributed by atoms with Crippen LogP contribution in [0.15, 0.2) is 18.2 Å². The Bertz CT molecular complexity index is 360. The van der Waals surface area contributed by atoms with Crippen LogP contribution in [-0.4, -0.2) is 25.5 Å². The number of fused-ring (bicyclic) bond motifs is 1. The van der Waals surface area contributed by atoms with Crippen molar-refractivity contribution < 1.29 is 4.74 Å². The lowest BCUT2D eigenvalue weighted by molar-refractivity contribution is 0.0573. The number of aryl methyl sites for hydroxylation is 1. The van der Waals surface area contributed by atoms with Crippen molar-refractivity contribution in [2.45, 2.75) is 32.5 Å². The van der Waals surface area contributed by atoms with E-state index >= 15 is 0 Å². The van der Waals surface area contributed by atoms with E-state index in [9.17, 15) is 0 Å². The van der Waals surface area contributed by atoms with E-state index in [0.717, 1.165) is 19.6 Å². The smallest absolute Gasteiger partial charge is 0.255 e. The summed E-state index contributed by atoms with van der Waals surface area (Å²) in [5, 5.41) is 0. The molecule has 1 unspecified atom stereocenters. The predicted octanol–water partition coefficient (Wildman–Crippen LogP) is 2.91. The quantitative estimate of drug-likeness (QED) is 0.723. The number of nitrogens with zero attached hydrogens (tertiary/aromatic N) is 1. The Morgan fingerprint density at radius 2 is 2.19 bits per heavy atom. The minimum atomic E-state index is 0.329. The minimum absolute atomic E-state index is 0.329. The summed E-state index contributed by atoms with van der Waals surface area (Å²) >= 11 is 0. The first-order chi connectivity index (χ1) is 7.66. The molecule has 1 aliphatic heterocycles. The summed E-state index contributed by atoms with van der Waals surface area (Å²) in [5.41, 5.74) is 4.12. The van der Waals surface area contributed by atoms with Gasteiger partial charge in [-0.2, -0.15) is 0 Å². The summed E-state index contributed by atoms with van der Waals surface area (Å²) in [6.45, 7) is 4.07. The zero-order valence-corrected chi connectivity index (χ0v) is 10.5. The van der Waals surface area contributed by atoms with Gasteiger partial charge in [-0.05, 0) is 46.1 Å². The minimum Gasteiger partial charge on any atom is -0.309 e. The van der Waals surface area contributed by atoms with E-state index < -0.39 is 0 Å². The Labute approximate surface area is 98.2 Å². The molecule has 2 heteroatoms. The number of hydrogen-bond donors (Lipinski definition) is 0. The van der Waals surface area contributed by atoms with Crippen LogP contribution >= 0.6 is 0 Å². The van der Waals surface area contributed by atoms with E-state index in [1.54, 1.807) is 0 Å². The van der Waals surface area contributed by atoms with Crippen molar-refractivity contribution in [2.75, 3.05) is 20.6 Å². The molecule has 2 rings (SSSR count). The maximum Gasteiger partial charge on any atom is 0.255 e. The molecule has 87 valence electrons. The van der Waals surface area contributed by atoms with Crippen molar-refractivity contribution >= 4 is 0 Å². The highest BCUT2D eigenvalue weighted by atomic mass is 16.5. The van der Waals surface area contributed by atoms with Crippen LogP contribution in [0.3, 0.4) is 0 Å². The Hall–Kier alpha value is -0.860. The van der Waals surface area contributed by atoms with Crippen LogP contribution in [0.1, 0.15) is 35.6 Å². The molecule has 2 nitrogen and oxygen atoms in total. The van der Waals surface area contributed by atoms with Gasteiger partial charge in [-0.25, -0.2) is 0 Å². The highest BCUT2D eigenvalue weighted by Crippen LogP contribution is 2.34. The average Bonchev–Trinajstić information content (AvgIpc) is 2.60. The Kier molecular flexibility index (Phi) is 3.62. The molecule has 0 spiro atoms. The van der Waals surface area contributed by atoms with Crippen LogP contribution in [-0.2, 0) is 11.3 Å². The molecule has 1 aliphatic rings.